The van der Waals surface area contributed by atoms with E-state index in [1.165, 1.54) is 0 Å². The van der Waals surface area contributed by atoms with Gasteiger partial charge in [0, 0.05) is 0 Å². The van der Waals surface area contributed by atoms with E-state index >= 15 is 0 Å². The van der Waals surface area contributed by atoms with Crippen LogP contribution in [0.1, 0.15) is 106 Å². The third-order valence-corrected chi connectivity index (χ3v) is 21.3. The summed E-state index contributed by atoms with van der Waals surface area (Å²) in [6.07, 6.45) is -30.1. The highest BCUT2D eigenvalue weighted by atomic mass is 17.1. The molecule has 4 aliphatic heterocycles. The molecule has 0 aromatic heterocycles. The van der Waals surface area contributed by atoms with Gasteiger partial charge in [0.1, 0.15) is 104 Å². The average molecular weight is 1140 g/mol. The molecule has 8 fully saturated rings. The second-order valence-electron chi connectivity index (χ2n) is 25.9. The molecule has 458 valence electrons. The first-order valence-corrected chi connectivity index (χ1v) is 28.2. The number of hydrogen-bond donors (Lipinski definition) is 16. The van der Waals surface area contributed by atoms with Gasteiger partial charge in [-0.05, 0) is 123 Å². The maximum Gasteiger partial charge on any atom is 0.187 e. The van der Waals surface area contributed by atoms with E-state index in [0.29, 0.717) is 37.7 Å². The third-order valence-electron chi connectivity index (χ3n) is 21.3. The molecule has 8 rings (SSSR count). The molecule has 0 unspecified atom stereocenters. The normalized spacial score (nSPS) is 52.1. The first-order valence-electron chi connectivity index (χ1n) is 28.2. The van der Waals surface area contributed by atoms with Crippen LogP contribution in [0, 0.1) is 45.3 Å². The molecule has 25 nitrogen and oxygen atoms in total. The van der Waals surface area contributed by atoms with Crippen LogP contribution in [0.4, 0.5) is 0 Å². The largest absolute Gasteiger partial charge is 0.394 e. The lowest BCUT2D eigenvalue weighted by Crippen LogP contribution is -2.68. The van der Waals surface area contributed by atoms with Gasteiger partial charge in [-0.2, -0.15) is 0 Å². The van der Waals surface area contributed by atoms with Crippen LogP contribution >= 0.6 is 0 Å². The van der Waals surface area contributed by atoms with Gasteiger partial charge in [-0.1, -0.05) is 41.2 Å². The third kappa shape index (κ3) is 11.2. The second kappa shape index (κ2) is 24.2. The van der Waals surface area contributed by atoms with Crippen molar-refractivity contribution in [3.63, 3.8) is 0 Å². The Kier molecular flexibility index (Phi) is 19.6. The van der Waals surface area contributed by atoms with E-state index in [-0.39, 0.29) is 35.5 Å². The van der Waals surface area contributed by atoms with Gasteiger partial charge in [0.05, 0.1) is 44.2 Å². The first-order chi connectivity index (χ1) is 37.0. The minimum Gasteiger partial charge on any atom is -0.394 e. The Balaban J connectivity index is 1.02. The van der Waals surface area contributed by atoms with E-state index in [9.17, 15) is 81.9 Å². The van der Waals surface area contributed by atoms with Crippen LogP contribution in [0.25, 0.3) is 0 Å². The maximum atomic E-state index is 12.9. The van der Waals surface area contributed by atoms with Gasteiger partial charge in [0.25, 0.3) is 0 Å². The fourth-order valence-electron chi connectivity index (χ4n) is 16.4. The zero-order valence-corrected chi connectivity index (χ0v) is 46.3. The Hall–Kier alpha value is -1.26. The molecule has 0 aromatic rings. The van der Waals surface area contributed by atoms with E-state index in [2.05, 4.69) is 41.2 Å². The molecular formula is C54H92O25. The number of aliphatic hydroxyl groups is 15. The first kappa shape index (κ1) is 63.8. The number of aliphatic hydroxyl groups excluding tert-OH is 15. The van der Waals surface area contributed by atoms with Gasteiger partial charge in [-0.3, -0.25) is 5.26 Å². The van der Waals surface area contributed by atoms with Crippen LogP contribution in [-0.2, 0) is 42.8 Å². The zero-order chi connectivity index (χ0) is 58.2. The van der Waals surface area contributed by atoms with Crippen molar-refractivity contribution in [2.45, 2.75) is 253 Å². The standard InChI is InChI=1S/C54H92O25/c1-22(2)25(79-70)10-16-54(8,78-48-44(69)40(65)37(62)29(75-48)21-71-46-42(67)38(63)34(59)26(18-55)72-46)23-9-14-53(7)33(23)24(58)17-31-51(5)13-12-32(50(3,4)30(51)11-15-52(31,53)6)76-49-45(41(66)36(61)28(20-57)74-49)77-47-43(68)39(64)35(60)27(19-56)73-47/h23-49,55-70H,1,9-21H2,2-8H3/t23-,24+,25-,26+,27+,28+,29+,30+,31+,32-,33-,34+,35+,36+,37+,38-,39-,40-,41-,42+,43+,44+,45+,46+,47-,48-,49-,51-,52+,53+,54-/m0/s1. The number of fused-ring (bicyclic) bond motifs is 5. The van der Waals surface area contributed by atoms with Crippen LogP contribution in [0.5, 0.6) is 0 Å². The monoisotopic (exact) mass is 1140 g/mol. The highest BCUT2D eigenvalue weighted by Gasteiger charge is 2.72. The molecule has 0 radical (unpaired) electrons. The number of rotatable bonds is 18. The topological polar surface area (TPSA) is 407 Å². The van der Waals surface area contributed by atoms with Crippen molar-refractivity contribution in [1.82, 2.24) is 0 Å². The Morgan fingerprint density at radius 2 is 1.09 bits per heavy atom. The van der Waals surface area contributed by atoms with Crippen molar-refractivity contribution in [2.24, 2.45) is 45.3 Å². The highest BCUT2D eigenvalue weighted by Crippen LogP contribution is 2.76. The lowest BCUT2D eigenvalue weighted by atomic mass is 9.35. The molecule has 4 saturated carbocycles. The molecule has 0 amide bonds. The lowest BCUT2D eigenvalue weighted by Gasteiger charge is -2.71. The number of hydrogen-bond acceptors (Lipinski definition) is 25. The Morgan fingerprint density at radius 3 is 1.66 bits per heavy atom. The molecule has 4 saturated heterocycles. The fraction of sp³-hybridized carbons (Fsp3) is 0.963. The Labute approximate surface area is 460 Å². The molecule has 4 heterocycles. The molecule has 0 aromatic carbocycles. The summed E-state index contributed by atoms with van der Waals surface area (Å²) in [6.45, 7) is 15.8. The SMILES string of the molecule is C=C(C)[C@H](CC[C@](C)(O[C@@H]1O[C@H](CO[C@@H]2O[C@H](CO)[C@@H](O)[C@H](O)[C@H]2O)[C@@H](O)[C@H](O)[C@H]1O)[C@H]1CC[C@]2(C)[C@@H]1[C@H](O)C[C@@H]1[C@@]3(C)CC[C@H](O[C@@H]4O[C@H](CO)[C@@H](O)[C@H](O)[C@H]4O[C@@H]4O[C@H](CO)[C@@H](O)[C@H](O)[C@H]4O)C(C)(C)[C@H]3CC[C@]12C)OO. The van der Waals surface area contributed by atoms with E-state index in [0.717, 1.165) is 12.8 Å². The Bertz CT molecular complexity index is 2040. The zero-order valence-electron chi connectivity index (χ0n) is 46.3. The quantitative estimate of drug-likeness (QED) is 0.0287. The van der Waals surface area contributed by atoms with Crippen LogP contribution in [0.2, 0.25) is 0 Å². The highest BCUT2D eigenvalue weighted by molar-refractivity contribution is 5.21. The van der Waals surface area contributed by atoms with E-state index in [1.807, 2.05) is 6.92 Å². The van der Waals surface area contributed by atoms with Crippen LogP contribution in [0.15, 0.2) is 12.2 Å². The van der Waals surface area contributed by atoms with Crippen LogP contribution < -0.4 is 0 Å². The summed E-state index contributed by atoms with van der Waals surface area (Å²) < 4.78 is 48.8. The van der Waals surface area contributed by atoms with Crippen LogP contribution in [0.3, 0.4) is 0 Å². The second-order valence-corrected chi connectivity index (χ2v) is 25.9. The van der Waals surface area contributed by atoms with E-state index < -0.39 is 196 Å². The van der Waals surface area contributed by atoms with Gasteiger partial charge in [-0.25, -0.2) is 4.89 Å². The van der Waals surface area contributed by atoms with Gasteiger partial charge in [0.2, 0.25) is 0 Å². The molecule has 31 atom stereocenters. The molecular weight excluding hydrogens is 1050 g/mol. The maximum absolute atomic E-state index is 12.9. The van der Waals surface area contributed by atoms with Gasteiger partial charge >= 0.3 is 0 Å². The van der Waals surface area contributed by atoms with Crippen molar-refractivity contribution in [1.29, 1.82) is 0 Å². The minimum absolute atomic E-state index is 0.00515. The molecule has 79 heavy (non-hydrogen) atoms. The molecule has 25 heteroatoms. The Morgan fingerprint density at radius 1 is 0.582 bits per heavy atom. The summed E-state index contributed by atoms with van der Waals surface area (Å²) in [5.41, 5.74) is -2.61. The smallest absolute Gasteiger partial charge is 0.187 e. The summed E-state index contributed by atoms with van der Waals surface area (Å²) in [5.74, 6) is -0.841. The predicted molar refractivity (Wildman–Crippen MR) is 269 cm³/mol. The van der Waals surface area contributed by atoms with Crippen molar-refractivity contribution in [3.05, 3.63) is 12.2 Å². The summed E-state index contributed by atoms with van der Waals surface area (Å²) >= 11 is 0. The van der Waals surface area contributed by atoms with Gasteiger partial charge in [-0.15, -0.1) is 0 Å². The van der Waals surface area contributed by atoms with Crippen molar-refractivity contribution >= 4 is 0 Å². The number of ether oxygens (including phenoxy) is 8. The molecule has 4 aliphatic carbocycles. The summed E-state index contributed by atoms with van der Waals surface area (Å²) in [5, 5.41) is 172. The van der Waals surface area contributed by atoms with E-state index in [4.69, 9.17) is 42.8 Å². The van der Waals surface area contributed by atoms with Crippen LogP contribution in [-0.4, -0.2) is 255 Å². The van der Waals surface area contributed by atoms with Crippen molar-refractivity contribution < 1.29 is 125 Å². The molecule has 0 spiro atoms. The summed E-state index contributed by atoms with van der Waals surface area (Å²) in [7, 11) is 0. The van der Waals surface area contributed by atoms with Gasteiger partial charge < -0.3 is 114 Å². The average Bonchev–Trinajstić information content (AvgIpc) is 2.76. The van der Waals surface area contributed by atoms with Crippen molar-refractivity contribution in [2.75, 3.05) is 26.4 Å². The molecule has 0 bridgehead atoms. The minimum atomic E-state index is -1.83. The fourth-order valence-corrected chi connectivity index (χ4v) is 16.4. The van der Waals surface area contributed by atoms with E-state index in [1.54, 1.807) is 6.92 Å². The van der Waals surface area contributed by atoms with Crippen molar-refractivity contribution in [3.8, 4) is 0 Å². The van der Waals surface area contributed by atoms with Gasteiger partial charge in [0.15, 0.2) is 25.2 Å². The molecule has 8 aliphatic rings. The lowest BCUT2D eigenvalue weighted by molar-refractivity contribution is -0.378. The summed E-state index contributed by atoms with van der Waals surface area (Å²) in [6, 6.07) is 0. The predicted octanol–water partition coefficient (Wildman–Crippen LogP) is -2.73. The summed E-state index contributed by atoms with van der Waals surface area (Å²) in [4.78, 5) is 4.85. The molecule has 16 N–H and O–H groups in total.